The van der Waals surface area contributed by atoms with Crippen molar-refractivity contribution in [1.82, 2.24) is 9.97 Å². The first kappa shape index (κ1) is 34.1. The fraction of sp³-hybridized carbons (Fsp3) is 0.586. The van der Waals surface area contributed by atoms with Gasteiger partial charge in [-0.05, 0) is 56.9 Å². The molecule has 0 saturated carbocycles. The molecule has 6 rings (SSSR count). The van der Waals surface area contributed by atoms with E-state index >= 15 is 0 Å². The number of nitrogens with one attached hydrogen (secondary N) is 2. The molecule has 2 aromatic rings. The second-order valence-corrected chi connectivity index (χ2v) is 11.7. The number of fused-ring (bicyclic) bond motifs is 8. The molecule has 0 unspecified atom stereocenters. The zero-order chi connectivity index (χ0) is 33.1. The number of carboxylic acids is 1. The number of nitrogens with zero attached hydrogens (tertiary/aromatic N) is 4. The number of hydrogen-bond donors (Lipinski definition) is 4. The maximum absolute atomic E-state index is 12.6. The summed E-state index contributed by atoms with van der Waals surface area (Å²) in [5, 5.41) is 15.5. The largest absolute Gasteiger partial charge is 0.477 e. The summed E-state index contributed by atoms with van der Waals surface area (Å²) in [7, 11) is 0. The van der Waals surface area contributed by atoms with E-state index in [9.17, 15) is 35.9 Å². The Bertz CT molecular complexity index is 1370. The number of aromatic carboxylic acids is 1. The number of Topliss-reactive ketones (excluding diaryl/α,β-unsaturated/α-hetero) is 1. The fourth-order valence-electron chi connectivity index (χ4n) is 5.41. The predicted octanol–water partition coefficient (Wildman–Crippen LogP) is 5.32. The molecule has 45 heavy (non-hydrogen) atoms. The molecular weight excluding hydrogens is 608 g/mol. The third kappa shape index (κ3) is 8.67. The van der Waals surface area contributed by atoms with Crippen LogP contribution in [0.4, 0.5) is 49.4 Å². The second kappa shape index (κ2) is 13.7. The van der Waals surface area contributed by atoms with Gasteiger partial charge in [0.1, 0.15) is 5.69 Å². The number of rotatable bonds is 4. The molecule has 0 aromatic carbocycles. The van der Waals surface area contributed by atoms with Crippen molar-refractivity contribution in [2.45, 2.75) is 76.4 Å². The summed E-state index contributed by atoms with van der Waals surface area (Å²) in [6, 6.07) is 5.74. The number of halogens is 6. The van der Waals surface area contributed by atoms with Gasteiger partial charge in [0.25, 0.3) is 0 Å². The Balaban J connectivity index is 0.000000175. The van der Waals surface area contributed by atoms with Gasteiger partial charge in [-0.2, -0.15) is 26.3 Å². The van der Waals surface area contributed by atoms with Gasteiger partial charge >= 0.3 is 18.3 Å². The quantitative estimate of drug-likeness (QED) is 0.256. The molecule has 0 spiro atoms. The van der Waals surface area contributed by atoms with Crippen LogP contribution in [0.5, 0.6) is 0 Å². The number of hydrogen-bond acceptors (Lipinski definition) is 9. The van der Waals surface area contributed by atoms with Crippen LogP contribution in [0.15, 0.2) is 24.3 Å². The van der Waals surface area contributed by atoms with Crippen LogP contribution < -0.4 is 26.2 Å². The highest BCUT2D eigenvalue weighted by atomic mass is 19.4. The summed E-state index contributed by atoms with van der Waals surface area (Å²) in [6.45, 7) is 5.82. The first-order valence-corrected chi connectivity index (χ1v) is 14.7. The van der Waals surface area contributed by atoms with E-state index in [-0.39, 0.29) is 11.4 Å². The highest BCUT2D eigenvalue weighted by Gasteiger charge is 2.38. The van der Waals surface area contributed by atoms with Crippen molar-refractivity contribution in [2.75, 3.05) is 46.6 Å². The molecule has 4 aliphatic heterocycles. The second-order valence-electron chi connectivity index (χ2n) is 11.7. The molecule has 248 valence electrons. The van der Waals surface area contributed by atoms with Crippen molar-refractivity contribution in [3.8, 4) is 0 Å². The monoisotopic (exact) mass is 645 g/mol. The van der Waals surface area contributed by atoms with Crippen LogP contribution in [0.1, 0.15) is 66.9 Å². The van der Waals surface area contributed by atoms with Crippen molar-refractivity contribution in [3.63, 3.8) is 0 Å². The number of piperidine rings is 2. The van der Waals surface area contributed by atoms with E-state index < -0.39 is 42.5 Å². The number of aromatic nitrogens is 2. The third-order valence-electron chi connectivity index (χ3n) is 8.03. The highest BCUT2D eigenvalue weighted by molar-refractivity contribution is 5.95. The van der Waals surface area contributed by atoms with Crippen molar-refractivity contribution in [1.29, 1.82) is 0 Å². The smallest absolute Gasteiger partial charge is 0.403 e. The Kier molecular flexibility index (Phi) is 10.3. The number of carboxylic acid groups (broad SMARTS) is 1. The summed E-state index contributed by atoms with van der Waals surface area (Å²) in [5.41, 5.74) is 6.60. The molecule has 10 nitrogen and oxygen atoms in total. The van der Waals surface area contributed by atoms with Crippen molar-refractivity contribution in [3.05, 3.63) is 35.7 Å². The molecule has 0 amide bonds. The number of carbonyl (C=O) groups is 2. The molecule has 4 atom stereocenters. The molecule has 2 saturated heterocycles. The van der Waals surface area contributed by atoms with Crippen LogP contribution in [-0.4, -0.2) is 83.5 Å². The van der Waals surface area contributed by atoms with Crippen LogP contribution in [0.3, 0.4) is 0 Å². The van der Waals surface area contributed by atoms with E-state index in [4.69, 9.17) is 5.11 Å². The van der Waals surface area contributed by atoms with E-state index in [0.29, 0.717) is 17.9 Å². The fourth-order valence-corrected chi connectivity index (χ4v) is 5.41. The number of ketones is 1. The minimum absolute atomic E-state index is 0.100. The molecular formula is C29H37F6N7O3. The maximum atomic E-state index is 12.6. The van der Waals surface area contributed by atoms with Gasteiger partial charge < -0.3 is 31.3 Å². The molecule has 5 N–H and O–H groups in total. The van der Waals surface area contributed by atoms with Crippen molar-refractivity contribution >= 4 is 34.8 Å². The molecule has 4 bridgehead atoms. The minimum Gasteiger partial charge on any atom is -0.477 e. The number of carbonyl (C=O) groups excluding carboxylic acids is 1. The summed E-state index contributed by atoms with van der Waals surface area (Å²) in [4.78, 5) is 35.7. The van der Waals surface area contributed by atoms with E-state index in [2.05, 4.69) is 36.1 Å². The first-order valence-electron chi connectivity index (χ1n) is 14.7. The third-order valence-corrected chi connectivity index (χ3v) is 8.03. The standard InChI is InChI=1S/C15H18F3N3O.C11H13N3O2.C3H6F3N/c1-9(15(16,17)18)7-13(22)11-4-5-12-14(20-11)19-10-3-2-6-21(12)8-10;15-11(16)8-3-4-9-10(13-8)12-7-2-1-5-14(9)6-7;1-2(7)3(4,5)6/h4-5,9-10H,2-3,6-8H2,1H3,(H,19,20);3-4,7H,1-2,5-6H2,(H,12,13)(H,15,16);2H,7H2,1H3/t9-,10-;7-;2-/m001/s1. The van der Waals surface area contributed by atoms with Crippen LogP contribution in [0.2, 0.25) is 0 Å². The predicted molar refractivity (Wildman–Crippen MR) is 157 cm³/mol. The first-order chi connectivity index (χ1) is 21.0. The Morgan fingerprint density at radius 1 is 0.867 bits per heavy atom. The summed E-state index contributed by atoms with van der Waals surface area (Å²) < 4.78 is 70.8. The van der Waals surface area contributed by atoms with E-state index in [1.807, 2.05) is 6.07 Å². The van der Waals surface area contributed by atoms with Gasteiger partial charge in [-0.25, -0.2) is 14.8 Å². The summed E-state index contributed by atoms with van der Waals surface area (Å²) >= 11 is 0. The Morgan fingerprint density at radius 2 is 1.31 bits per heavy atom. The van der Waals surface area contributed by atoms with Crippen molar-refractivity contribution < 1.29 is 41.0 Å². The van der Waals surface area contributed by atoms with Crippen LogP contribution in [-0.2, 0) is 0 Å². The lowest BCUT2D eigenvalue weighted by Crippen LogP contribution is -2.46. The number of nitrogens with two attached hydrogens (primary N) is 1. The van der Waals surface area contributed by atoms with E-state index in [0.717, 1.165) is 76.5 Å². The lowest BCUT2D eigenvalue weighted by molar-refractivity contribution is -0.168. The molecule has 2 aromatic heterocycles. The molecule has 4 aliphatic rings. The molecule has 0 aliphatic carbocycles. The van der Waals surface area contributed by atoms with Gasteiger partial charge in [-0.15, -0.1) is 0 Å². The van der Waals surface area contributed by atoms with Gasteiger partial charge in [-0.1, -0.05) is 6.92 Å². The Morgan fingerprint density at radius 3 is 1.73 bits per heavy atom. The Labute approximate surface area is 256 Å². The molecule has 0 radical (unpaired) electrons. The van der Waals surface area contributed by atoms with Crippen molar-refractivity contribution in [2.24, 2.45) is 11.7 Å². The normalized spacial score (nSPS) is 21.2. The number of alkyl halides is 6. The van der Waals surface area contributed by atoms with Gasteiger partial charge in [0.05, 0.1) is 23.3 Å². The van der Waals surface area contributed by atoms with E-state index in [1.54, 1.807) is 12.1 Å². The number of anilines is 4. The van der Waals surface area contributed by atoms with Gasteiger partial charge in [0.2, 0.25) is 0 Å². The van der Waals surface area contributed by atoms with Crippen LogP contribution in [0, 0.1) is 5.92 Å². The summed E-state index contributed by atoms with van der Waals surface area (Å²) in [5.74, 6) is -1.87. The Hall–Kier alpha value is -3.82. The highest BCUT2D eigenvalue weighted by Crippen LogP contribution is 2.35. The van der Waals surface area contributed by atoms with Gasteiger partial charge in [-0.3, -0.25) is 4.79 Å². The molecule has 2 fully saturated rings. The zero-order valence-electron chi connectivity index (χ0n) is 24.9. The maximum Gasteiger partial charge on any atom is 0.403 e. The SMILES string of the molecule is C[C@@H](CC(=O)c1ccc2c(n1)N[C@H]1CCCN2C1)C(F)(F)F.C[C@@H](N)C(F)(F)F.O=C(O)c1ccc2c(n1)N[C@H]1CCCN2C1. The molecule has 16 heteroatoms. The topological polar surface area (TPSA) is 137 Å². The average molecular weight is 646 g/mol. The van der Waals surface area contributed by atoms with Gasteiger partial charge in [0, 0.05) is 44.7 Å². The summed E-state index contributed by atoms with van der Waals surface area (Å²) in [6.07, 6.45) is -4.69. The van der Waals surface area contributed by atoms with E-state index in [1.165, 1.54) is 12.5 Å². The minimum atomic E-state index is -4.36. The molecule has 6 heterocycles. The van der Waals surface area contributed by atoms with Crippen LogP contribution in [0.25, 0.3) is 0 Å². The lowest BCUT2D eigenvalue weighted by atomic mass is 10.00. The van der Waals surface area contributed by atoms with Gasteiger partial charge in [0.15, 0.2) is 23.1 Å². The van der Waals surface area contributed by atoms with Crippen LogP contribution >= 0.6 is 0 Å². The average Bonchev–Trinajstić information content (AvgIpc) is 2.96. The zero-order valence-corrected chi connectivity index (χ0v) is 24.9. The lowest BCUT2D eigenvalue weighted by Gasteiger charge is -2.40. The number of pyridine rings is 2.